The summed E-state index contributed by atoms with van der Waals surface area (Å²) in [5.74, 6) is -0.871. The van der Waals surface area contributed by atoms with Crippen LogP contribution < -0.4 is 0 Å². The summed E-state index contributed by atoms with van der Waals surface area (Å²) in [7, 11) is -5.09. The maximum Gasteiger partial charge on any atom is 0.318 e. The van der Waals surface area contributed by atoms with Crippen molar-refractivity contribution in [3.63, 3.8) is 0 Å². The molecule has 224 valence electrons. The summed E-state index contributed by atoms with van der Waals surface area (Å²) in [6, 6.07) is 9.93. The molecule has 2 aliphatic rings. The van der Waals surface area contributed by atoms with E-state index >= 15 is 0 Å². The number of halogens is 1. The second kappa shape index (κ2) is 9.47. The van der Waals surface area contributed by atoms with Crippen LogP contribution in [0.15, 0.2) is 65.0 Å². The Morgan fingerprint density at radius 1 is 0.953 bits per heavy atom. The third-order valence-electron chi connectivity index (χ3n) is 8.45. The minimum atomic E-state index is -4.18. The Hall–Kier alpha value is -4.06. The van der Waals surface area contributed by atoms with E-state index in [0.29, 0.717) is 5.69 Å². The Kier molecular flexibility index (Phi) is 6.11. The van der Waals surface area contributed by atoms with Crippen molar-refractivity contribution < 1.29 is 25.4 Å². The second-order valence-corrected chi connectivity index (χ2v) is 14.3. The normalized spacial score (nSPS) is 22.3. The van der Waals surface area contributed by atoms with Gasteiger partial charge in [0.25, 0.3) is 10.0 Å². The maximum absolute atomic E-state index is 13.5. The van der Waals surface area contributed by atoms with Crippen molar-refractivity contribution in [2.45, 2.75) is 22.4 Å². The molecular weight excluding hydrogens is 601 g/mol. The molecule has 0 amide bonds. The van der Waals surface area contributed by atoms with Crippen LogP contribution in [0, 0.1) is 24.6 Å². The molecule has 3 atom stereocenters. The number of rotatable bonds is 8. The van der Waals surface area contributed by atoms with Gasteiger partial charge in [-0.15, -0.1) is 10.2 Å². The van der Waals surface area contributed by atoms with E-state index in [1.165, 1.54) is 41.5 Å². The highest BCUT2D eigenvalue weighted by Gasteiger charge is 2.71. The molecule has 0 radical (unpaired) electrons. The molecule has 2 fully saturated rings. The zero-order valence-electron chi connectivity index (χ0n) is 23.2. The minimum Gasteiger partial charge on any atom is -0.265 e. The number of benzene rings is 2. The molecule has 3 aromatic heterocycles. The summed E-state index contributed by atoms with van der Waals surface area (Å²) in [5.41, 5.74) is 2.52. The zero-order chi connectivity index (χ0) is 30.3. The van der Waals surface area contributed by atoms with Gasteiger partial charge in [0.15, 0.2) is 0 Å². The molecule has 5 aromatic rings. The number of nitrogens with zero attached hydrogens (tertiary/aromatic N) is 9. The number of fused-ring (bicyclic) bond motifs is 2. The molecule has 0 N–H and O–H groups in total. The Morgan fingerprint density at radius 3 is 2.28 bits per heavy atom. The standard InChI is InChI=1S/C26H26FN9O5S2/c1-16-8-23-17(10-30-36(23)19-6-4-18(27)5-7-19)9-20(16)26-15-35(42(37,38)24-11-28-33(2)31-24)13-21(26)22(26)14-41-43(39,40)25-12-29-34(3)32-25/h4-12,21-22H,13-15H2,1-3H3/t21-,22-,26+/m0/s1. The Morgan fingerprint density at radius 2 is 1.63 bits per heavy atom. The first kappa shape index (κ1) is 27.8. The van der Waals surface area contributed by atoms with Gasteiger partial charge in [-0.05, 0) is 66.3 Å². The van der Waals surface area contributed by atoms with Gasteiger partial charge in [0.1, 0.15) is 5.82 Å². The van der Waals surface area contributed by atoms with Gasteiger partial charge in [-0.2, -0.15) is 37.6 Å². The van der Waals surface area contributed by atoms with Gasteiger partial charge in [-0.1, -0.05) is 0 Å². The highest BCUT2D eigenvalue weighted by molar-refractivity contribution is 7.89. The SMILES string of the molecule is Cc1cc2c(cnn2-c2ccc(F)cc2)cc1[C@]12CN(S(=O)(=O)c3cnn(C)n3)C[C@H]1[C@@H]2COS(=O)(=O)c1cnn(C)n1. The molecule has 1 aliphatic heterocycles. The van der Waals surface area contributed by atoms with Gasteiger partial charge in [0.05, 0.1) is 36.4 Å². The van der Waals surface area contributed by atoms with E-state index in [-0.39, 0.29) is 47.4 Å². The molecule has 1 aliphatic carbocycles. The Labute approximate surface area is 245 Å². The van der Waals surface area contributed by atoms with Crippen LogP contribution in [0.5, 0.6) is 0 Å². The Bertz CT molecular complexity index is 2100. The van der Waals surface area contributed by atoms with Crippen molar-refractivity contribution >= 4 is 31.0 Å². The number of hydrogen-bond donors (Lipinski definition) is 0. The average molecular weight is 628 g/mol. The Balaban J connectivity index is 1.26. The van der Waals surface area contributed by atoms with Crippen LogP contribution in [0.3, 0.4) is 0 Å². The third kappa shape index (κ3) is 4.37. The number of aryl methyl sites for hydroxylation is 3. The fourth-order valence-corrected chi connectivity index (χ4v) is 8.60. The zero-order valence-corrected chi connectivity index (χ0v) is 24.9. The van der Waals surface area contributed by atoms with Crippen molar-refractivity contribution in [1.82, 2.24) is 44.1 Å². The molecule has 1 saturated carbocycles. The van der Waals surface area contributed by atoms with Crippen LogP contribution in [0.25, 0.3) is 16.6 Å². The first-order chi connectivity index (χ1) is 20.4. The van der Waals surface area contributed by atoms with E-state index in [0.717, 1.165) is 33.0 Å². The molecule has 0 spiro atoms. The highest BCUT2D eigenvalue weighted by Crippen LogP contribution is 2.65. The van der Waals surface area contributed by atoms with Gasteiger partial charge < -0.3 is 0 Å². The van der Waals surface area contributed by atoms with E-state index in [4.69, 9.17) is 4.18 Å². The van der Waals surface area contributed by atoms with Crippen LogP contribution in [0.1, 0.15) is 11.1 Å². The van der Waals surface area contributed by atoms with E-state index < -0.39 is 25.6 Å². The molecule has 4 heterocycles. The number of piperidine rings is 1. The molecule has 0 unspecified atom stereocenters. The molecule has 43 heavy (non-hydrogen) atoms. The summed E-state index contributed by atoms with van der Waals surface area (Å²) < 4.78 is 74.8. The summed E-state index contributed by atoms with van der Waals surface area (Å²) in [4.78, 5) is 2.31. The van der Waals surface area contributed by atoms with E-state index in [1.54, 1.807) is 23.0 Å². The van der Waals surface area contributed by atoms with Gasteiger partial charge in [-0.3, -0.25) is 4.18 Å². The lowest BCUT2D eigenvalue weighted by molar-refractivity contribution is 0.264. The topological polar surface area (TPSA) is 160 Å². The highest BCUT2D eigenvalue weighted by atomic mass is 32.2. The lowest BCUT2D eigenvalue weighted by Crippen LogP contribution is -2.36. The average Bonchev–Trinajstić information content (AvgIpc) is 3.58. The first-order valence-corrected chi connectivity index (χ1v) is 16.1. The van der Waals surface area contributed by atoms with Crippen LogP contribution >= 0.6 is 0 Å². The van der Waals surface area contributed by atoms with E-state index in [2.05, 4.69) is 25.5 Å². The van der Waals surface area contributed by atoms with Crippen LogP contribution in [-0.4, -0.2) is 80.6 Å². The van der Waals surface area contributed by atoms with E-state index in [9.17, 15) is 21.2 Å². The third-order valence-corrected chi connectivity index (χ3v) is 11.3. The maximum atomic E-state index is 13.5. The summed E-state index contributed by atoms with van der Waals surface area (Å²) in [5, 5.41) is 20.4. The van der Waals surface area contributed by atoms with Crippen LogP contribution in [0.2, 0.25) is 0 Å². The van der Waals surface area contributed by atoms with Crippen molar-refractivity contribution in [3.05, 3.63) is 71.9 Å². The van der Waals surface area contributed by atoms with Gasteiger partial charge in [-0.25, -0.2) is 17.5 Å². The predicted molar refractivity (Wildman–Crippen MR) is 148 cm³/mol. The molecule has 2 aromatic carbocycles. The number of sulfonamides is 1. The smallest absolute Gasteiger partial charge is 0.265 e. The summed E-state index contributed by atoms with van der Waals surface area (Å²) in [6.45, 7) is 2.03. The van der Waals surface area contributed by atoms with Crippen LogP contribution in [-0.2, 0) is 43.8 Å². The first-order valence-electron chi connectivity index (χ1n) is 13.3. The quantitative estimate of drug-likeness (QED) is 0.230. The molecule has 17 heteroatoms. The summed E-state index contributed by atoms with van der Waals surface area (Å²) >= 11 is 0. The largest absolute Gasteiger partial charge is 0.318 e. The lowest BCUT2D eigenvalue weighted by Gasteiger charge is -2.24. The van der Waals surface area contributed by atoms with Gasteiger partial charge >= 0.3 is 10.1 Å². The molecule has 7 rings (SSSR count). The molecular formula is C26H26FN9O5S2. The van der Waals surface area contributed by atoms with Crippen molar-refractivity contribution in [3.8, 4) is 5.69 Å². The van der Waals surface area contributed by atoms with Crippen molar-refractivity contribution in [1.29, 1.82) is 0 Å². The fourth-order valence-electron chi connectivity index (χ4n) is 6.35. The predicted octanol–water partition coefficient (Wildman–Crippen LogP) is 1.32. The van der Waals surface area contributed by atoms with Crippen LogP contribution in [0.4, 0.5) is 4.39 Å². The summed E-state index contributed by atoms with van der Waals surface area (Å²) in [6.07, 6.45) is 4.02. The molecule has 14 nitrogen and oxygen atoms in total. The minimum absolute atomic E-state index is 0.105. The number of aromatic nitrogens is 8. The lowest BCUT2D eigenvalue weighted by atomic mass is 9.88. The van der Waals surface area contributed by atoms with Crippen molar-refractivity contribution in [2.75, 3.05) is 19.7 Å². The van der Waals surface area contributed by atoms with Crippen molar-refractivity contribution in [2.24, 2.45) is 25.9 Å². The van der Waals surface area contributed by atoms with Gasteiger partial charge in [0, 0.05) is 38.0 Å². The monoisotopic (exact) mass is 627 g/mol. The van der Waals surface area contributed by atoms with E-state index in [1.807, 2.05) is 19.1 Å². The fraction of sp³-hybridized carbons (Fsp3) is 0.346. The molecule has 1 saturated heterocycles. The van der Waals surface area contributed by atoms with Gasteiger partial charge in [0.2, 0.25) is 10.1 Å². The number of hydrogen-bond acceptors (Lipinski definition) is 10. The molecule has 0 bridgehead atoms. The second-order valence-electron chi connectivity index (χ2n) is 10.9.